The quantitative estimate of drug-likeness (QED) is 0.568. The van der Waals surface area contributed by atoms with Crippen molar-refractivity contribution in [3.63, 3.8) is 0 Å². The summed E-state index contributed by atoms with van der Waals surface area (Å²) in [5, 5.41) is 4.64. The first-order chi connectivity index (χ1) is 13.4. The first-order valence-corrected chi connectivity index (χ1v) is 10.4. The van der Waals surface area contributed by atoms with Crippen LogP contribution in [0, 0.1) is 12.7 Å². The molecule has 0 amide bonds. The summed E-state index contributed by atoms with van der Waals surface area (Å²) in [5.74, 6) is -0.778. The minimum absolute atomic E-state index is 0.147. The van der Waals surface area contributed by atoms with Crippen molar-refractivity contribution in [3.8, 4) is 0 Å². The zero-order valence-corrected chi connectivity index (χ0v) is 18.0. The molecule has 0 bridgehead atoms. The van der Waals surface area contributed by atoms with Crippen LogP contribution in [0.5, 0.6) is 0 Å². The van der Waals surface area contributed by atoms with E-state index in [4.69, 9.17) is 28.6 Å². The Hall–Kier alpha value is -1.74. The zero-order chi connectivity index (χ0) is 20.3. The van der Waals surface area contributed by atoms with Gasteiger partial charge in [0.1, 0.15) is 10.8 Å². The number of benzene rings is 1. The molecule has 9 heteroatoms. The SMILES string of the molecule is COC(=O)c1cc(C)sc1NC(=S)N1CCN(Cc2ccc(F)c(Cl)c2)CC1. The number of nitrogens with one attached hydrogen (secondary N) is 1. The molecule has 0 aliphatic carbocycles. The van der Waals surface area contributed by atoms with Crippen LogP contribution in [0.25, 0.3) is 0 Å². The molecule has 2 heterocycles. The molecule has 1 aromatic carbocycles. The topological polar surface area (TPSA) is 44.8 Å². The van der Waals surface area contributed by atoms with Gasteiger partial charge in [0.15, 0.2) is 5.11 Å². The van der Waals surface area contributed by atoms with E-state index < -0.39 is 5.82 Å². The summed E-state index contributed by atoms with van der Waals surface area (Å²) in [6, 6.07) is 6.62. The van der Waals surface area contributed by atoms with E-state index in [-0.39, 0.29) is 11.0 Å². The number of piperazine rings is 1. The maximum atomic E-state index is 13.3. The third-order valence-corrected chi connectivity index (χ3v) is 6.15. The molecular formula is C19H21ClFN3O2S2. The number of ether oxygens (including phenoxy) is 1. The van der Waals surface area contributed by atoms with Crippen LogP contribution >= 0.6 is 35.2 Å². The number of carbonyl (C=O) groups excluding carboxylic acids is 1. The normalized spacial score (nSPS) is 14.8. The van der Waals surface area contributed by atoms with E-state index in [0.717, 1.165) is 36.6 Å². The van der Waals surface area contributed by atoms with Crippen LogP contribution in [0.3, 0.4) is 0 Å². The number of hydrogen-bond donors (Lipinski definition) is 1. The Morgan fingerprint density at radius 2 is 2.04 bits per heavy atom. The maximum absolute atomic E-state index is 13.3. The van der Waals surface area contributed by atoms with Crippen LogP contribution in [-0.4, -0.2) is 54.2 Å². The van der Waals surface area contributed by atoms with E-state index >= 15 is 0 Å². The first kappa shape index (κ1) is 21.0. The number of hydrogen-bond acceptors (Lipinski definition) is 5. The predicted molar refractivity (Wildman–Crippen MR) is 115 cm³/mol. The Kier molecular flexibility index (Phi) is 6.87. The van der Waals surface area contributed by atoms with E-state index in [1.807, 2.05) is 6.92 Å². The van der Waals surface area contributed by atoms with Gasteiger partial charge in [-0.2, -0.15) is 0 Å². The molecule has 1 N–H and O–H groups in total. The molecular weight excluding hydrogens is 421 g/mol. The fourth-order valence-corrected chi connectivity index (χ4v) is 4.50. The third kappa shape index (κ3) is 5.00. The van der Waals surface area contributed by atoms with Gasteiger partial charge in [-0.3, -0.25) is 4.90 Å². The molecule has 150 valence electrons. The van der Waals surface area contributed by atoms with Crippen LogP contribution in [0.1, 0.15) is 20.8 Å². The molecule has 1 aromatic heterocycles. The van der Waals surface area contributed by atoms with Crippen molar-refractivity contribution < 1.29 is 13.9 Å². The molecule has 1 fully saturated rings. The highest BCUT2D eigenvalue weighted by atomic mass is 35.5. The molecule has 1 saturated heterocycles. The second-order valence-corrected chi connectivity index (χ2v) is 8.58. The van der Waals surface area contributed by atoms with E-state index in [1.165, 1.54) is 24.5 Å². The molecule has 3 rings (SSSR count). The summed E-state index contributed by atoms with van der Waals surface area (Å²) < 4.78 is 18.1. The fraction of sp³-hybridized carbons (Fsp3) is 0.368. The number of nitrogens with zero attached hydrogens (tertiary/aromatic N) is 2. The summed E-state index contributed by atoms with van der Waals surface area (Å²) in [6.07, 6.45) is 0. The molecule has 5 nitrogen and oxygen atoms in total. The van der Waals surface area contributed by atoms with Gasteiger partial charge in [-0.1, -0.05) is 17.7 Å². The van der Waals surface area contributed by atoms with Gasteiger partial charge in [-0.15, -0.1) is 11.3 Å². The largest absolute Gasteiger partial charge is 0.465 e. The number of esters is 1. The highest BCUT2D eigenvalue weighted by molar-refractivity contribution is 7.80. The first-order valence-electron chi connectivity index (χ1n) is 8.78. The number of halogens is 2. The van der Waals surface area contributed by atoms with E-state index in [0.29, 0.717) is 22.2 Å². The lowest BCUT2D eigenvalue weighted by molar-refractivity contribution is 0.0602. The average Bonchev–Trinajstić information content (AvgIpc) is 3.04. The molecule has 0 atom stereocenters. The molecule has 0 spiro atoms. The minimum atomic E-state index is -0.401. The summed E-state index contributed by atoms with van der Waals surface area (Å²) in [5.41, 5.74) is 1.48. The Bertz CT molecular complexity index is 882. The highest BCUT2D eigenvalue weighted by Crippen LogP contribution is 2.28. The highest BCUT2D eigenvalue weighted by Gasteiger charge is 2.22. The summed E-state index contributed by atoms with van der Waals surface area (Å²) >= 11 is 12.9. The van der Waals surface area contributed by atoms with Gasteiger partial charge in [0.2, 0.25) is 0 Å². The molecule has 1 aliphatic rings. The lowest BCUT2D eigenvalue weighted by Crippen LogP contribution is -2.49. The number of anilines is 1. The molecule has 0 radical (unpaired) electrons. The van der Waals surface area contributed by atoms with Crippen molar-refractivity contribution in [3.05, 3.63) is 51.1 Å². The van der Waals surface area contributed by atoms with Gasteiger partial charge >= 0.3 is 5.97 Å². The Morgan fingerprint density at radius 1 is 1.32 bits per heavy atom. The van der Waals surface area contributed by atoms with E-state index in [2.05, 4.69) is 15.1 Å². The Labute approximate surface area is 178 Å². The van der Waals surface area contributed by atoms with Crippen molar-refractivity contribution in [2.24, 2.45) is 0 Å². The second kappa shape index (κ2) is 9.17. The molecule has 1 aliphatic heterocycles. The summed E-state index contributed by atoms with van der Waals surface area (Å²) in [4.78, 5) is 17.3. The smallest absolute Gasteiger partial charge is 0.340 e. The van der Waals surface area contributed by atoms with Crippen molar-refractivity contribution in [2.75, 3.05) is 38.6 Å². The van der Waals surface area contributed by atoms with Crippen LogP contribution in [0.4, 0.5) is 9.39 Å². The van der Waals surface area contributed by atoms with E-state index in [9.17, 15) is 9.18 Å². The summed E-state index contributed by atoms with van der Waals surface area (Å²) in [7, 11) is 1.37. The number of carbonyl (C=O) groups is 1. The molecule has 2 aromatic rings. The number of aryl methyl sites for hydroxylation is 1. The zero-order valence-electron chi connectivity index (χ0n) is 15.6. The third-order valence-electron chi connectivity index (χ3n) is 4.53. The van der Waals surface area contributed by atoms with Crippen LogP contribution < -0.4 is 5.32 Å². The number of thiocarbonyl (C=S) groups is 1. The van der Waals surface area contributed by atoms with Gasteiger partial charge in [0, 0.05) is 37.6 Å². The molecule has 0 saturated carbocycles. The van der Waals surface area contributed by atoms with Gasteiger partial charge in [-0.05, 0) is 42.9 Å². The average molecular weight is 442 g/mol. The van der Waals surface area contributed by atoms with Gasteiger partial charge < -0.3 is 15.0 Å². The number of methoxy groups -OCH3 is 1. The predicted octanol–water partition coefficient (Wildman–Crippen LogP) is 4.15. The standard InChI is InChI=1S/C19H21ClFN3O2S2/c1-12-9-14(18(25)26-2)17(28-12)22-19(27)24-7-5-23(6-8-24)11-13-3-4-16(21)15(20)10-13/h3-4,9-10H,5-8,11H2,1-2H3,(H,22,27). The van der Waals surface area contributed by atoms with Crippen LogP contribution in [0.15, 0.2) is 24.3 Å². The fourth-order valence-electron chi connectivity index (χ4n) is 3.05. The lowest BCUT2D eigenvalue weighted by Gasteiger charge is -2.36. The van der Waals surface area contributed by atoms with Crippen molar-refractivity contribution in [1.82, 2.24) is 9.80 Å². The minimum Gasteiger partial charge on any atom is -0.465 e. The van der Waals surface area contributed by atoms with Gasteiger partial charge in [0.05, 0.1) is 17.7 Å². The van der Waals surface area contributed by atoms with Crippen molar-refractivity contribution in [1.29, 1.82) is 0 Å². The number of rotatable bonds is 4. The van der Waals surface area contributed by atoms with Crippen LogP contribution in [-0.2, 0) is 11.3 Å². The van der Waals surface area contributed by atoms with Crippen LogP contribution in [0.2, 0.25) is 5.02 Å². The molecule has 0 unspecified atom stereocenters. The van der Waals surface area contributed by atoms with Gasteiger partial charge in [0.25, 0.3) is 0 Å². The van der Waals surface area contributed by atoms with E-state index in [1.54, 1.807) is 18.2 Å². The summed E-state index contributed by atoms with van der Waals surface area (Å²) in [6.45, 7) is 5.82. The monoisotopic (exact) mass is 441 g/mol. The number of thiophene rings is 1. The second-order valence-electron chi connectivity index (χ2n) is 6.53. The van der Waals surface area contributed by atoms with Crippen molar-refractivity contribution in [2.45, 2.75) is 13.5 Å². The maximum Gasteiger partial charge on any atom is 0.340 e. The Morgan fingerprint density at radius 3 is 2.68 bits per heavy atom. The molecule has 28 heavy (non-hydrogen) atoms. The Balaban J connectivity index is 1.55. The van der Waals surface area contributed by atoms with Crippen molar-refractivity contribution >= 4 is 51.2 Å². The lowest BCUT2D eigenvalue weighted by atomic mass is 10.2. The van der Waals surface area contributed by atoms with Gasteiger partial charge in [-0.25, -0.2) is 9.18 Å².